The molecule has 0 radical (unpaired) electrons. The zero-order valence-electron chi connectivity index (χ0n) is 8.92. The molecule has 0 heterocycles. The van der Waals surface area contributed by atoms with Crippen molar-refractivity contribution < 1.29 is 14.8 Å². The molecule has 0 aliphatic heterocycles. The molecule has 17 heavy (non-hydrogen) atoms. The summed E-state index contributed by atoms with van der Waals surface area (Å²) in [5, 5.41) is 18.9. The minimum Gasteiger partial charge on any atom is -0.480 e. The van der Waals surface area contributed by atoms with Crippen molar-refractivity contribution >= 4 is 39.3 Å². The number of hydrogen-bond acceptors (Lipinski definition) is 4. The normalized spacial score (nSPS) is 12.1. The molecular formula is C10H10BrNO4S. The molecule has 92 valence electrons. The fourth-order valence-corrected chi connectivity index (χ4v) is 2.65. The predicted octanol–water partition coefficient (Wildman–Crippen LogP) is 3.06. The highest BCUT2D eigenvalue weighted by Gasteiger charge is 2.17. The van der Waals surface area contributed by atoms with Crippen LogP contribution in [-0.2, 0) is 10.5 Å². The molecule has 7 heteroatoms. The van der Waals surface area contributed by atoms with Gasteiger partial charge < -0.3 is 5.11 Å². The predicted molar refractivity (Wildman–Crippen MR) is 69.2 cm³/mol. The maximum Gasteiger partial charge on any atom is 0.316 e. The van der Waals surface area contributed by atoms with E-state index in [1.165, 1.54) is 17.8 Å². The summed E-state index contributed by atoms with van der Waals surface area (Å²) >= 11 is 4.39. The SMILES string of the molecule is CC(SCc1cccc([N+](=O)[O-])c1Br)C(=O)O. The third kappa shape index (κ3) is 3.71. The molecule has 0 aliphatic carbocycles. The van der Waals surface area contributed by atoms with Gasteiger partial charge in [-0.2, -0.15) is 0 Å². The van der Waals surface area contributed by atoms with Crippen LogP contribution in [0.4, 0.5) is 5.69 Å². The molecule has 0 saturated heterocycles. The van der Waals surface area contributed by atoms with Crippen LogP contribution in [-0.4, -0.2) is 21.2 Å². The molecule has 1 atom stereocenters. The van der Waals surface area contributed by atoms with E-state index in [2.05, 4.69) is 15.9 Å². The van der Waals surface area contributed by atoms with E-state index in [4.69, 9.17) is 5.11 Å². The van der Waals surface area contributed by atoms with Crippen molar-refractivity contribution in [3.8, 4) is 0 Å². The van der Waals surface area contributed by atoms with Crippen LogP contribution in [0.3, 0.4) is 0 Å². The van der Waals surface area contributed by atoms with E-state index in [0.29, 0.717) is 10.2 Å². The smallest absolute Gasteiger partial charge is 0.316 e. The topological polar surface area (TPSA) is 80.4 Å². The largest absolute Gasteiger partial charge is 0.480 e. The molecule has 0 bridgehead atoms. The van der Waals surface area contributed by atoms with Crippen molar-refractivity contribution in [1.82, 2.24) is 0 Å². The summed E-state index contributed by atoms with van der Waals surface area (Å²) in [7, 11) is 0. The van der Waals surface area contributed by atoms with Gasteiger partial charge in [0.15, 0.2) is 0 Å². The van der Waals surface area contributed by atoms with Crippen LogP contribution in [0.25, 0.3) is 0 Å². The van der Waals surface area contributed by atoms with Gasteiger partial charge in [-0.25, -0.2) is 0 Å². The number of nitro benzene ring substituents is 1. The van der Waals surface area contributed by atoms with Crippen molar-refractivity contribution in [3.05, 3.63) is 38.3 Å². The van der Waals surface area contributed by atoms with Gasteiger partial charge in [0.25, 0.3) is 5.69 Å². The summed E-state index contributed by atoms with van der Waals surface area (Å²) in [5.41, 5.74) is 0.711. The average Bonchev–Trinajstić information content (AvgIpc) is 2.26. The summed E-state index contributed by atoms with van der Waals surface area (Å²) < 4.78 is 0.412. The van der Waals surface area contributed by atoms with Crippen LogP contribution < -0.4 is 0 Å². The molecule has 0 spiro atoms. The van der Waals surface area contributed by atoms with Gasteiger partial charge in [-0.05, 0) is 28.4 Å². The third-order valence-corrected chi connectivity index (χ3v) is 4.19. The highest BCUT2D eigenvalue weighted by Crippen LogP contribution is 2.31. The van der Waals surface area contributed by atoms with Crippen molar-refractivity contribution in [1.29, 1.82) is 0 Å². The molecule has 0 saturated carbocycles. The molecule has 1 aromatic carbocycles. The van der Waals surface area contributed by atoms with E-state index in [0.717, 1.165) is 5.56 Å². The molecular weight excluding hydrogens is 310 g/mol. The number of nitro groups is 1. The Hall–Kier alpha value is -1.08. The van der Waals surface area contributed by atoms with Crippen LogP contribution in [0.2, 0.25) is 0 Å². The van der Waals surface area contributed by atoms with Gasteiger partial charge in [0.05, 0.1) is 14.6 Å². The Morgan fingerprint density at radius 3 is 2.82 bits per heavy atom. The Balaban J connectivity index is 2.82. The first kappa shape index (κ1) is 14.0. The lowest BCUT2D eigenvalue weighted by Gasteiger charge is -2.07. The Kier molecular flexibility index (Phi) is 4.95. The van der Waals surface area contributed by atoms with Crippen LogP contribution in [0.15, 0.2) is 22.7 Å². The Labute approximate surface area is 110 Å². The van der Waals surface area contributed by atoms with Crippen LogP contribution in [0.5, 0.6) is 0 Å². The minimum atomic E-state index is -0.892. The highest BCUT2D eigenvalue weighted by atomic mass is 79.9. The summed E-state index contributed by atoms with van der Waals surface area (Å²) in [4.78, 5) is 20.9. The van der Waals surface area contributed by atoms with Crippen LogP contribution in [0, 0.1) is 10.1 Å². The van der Waals surface area contributed by atoms with E-state index in [-0.39, 0.29) is 5.69 Å². The quantitative estimate of drug-likeness (QED) is 0.666. The summed E-state index contributed by atoms with van der Waals surface area (Å²) in [6, 6.07) is 4.72. The van der Waals surface area contributed by atoms with E-state index in [9.17, 15) is 14.9 Å². The monoisotopic (exact) mass is 319 g/mol. The number of benzene rings is 1. The molecule has 0 aliphatic rings. The van der Waals surface area contributed by atoms with Gasteiger partial charge in [0, 0.05) is 11.8 Å². The number of carboxylic acid groups (broad SMARTS) is 1. The zero-order chi connectivity index (χ0) is 13.0. The van der Waals surface area contributed by atoms with E-state index >= 15 is 0 Å². The van der Waals surface area contributed by atoms with E-state index < -0.39 is 16.1 Å². The molecule has 1 aromatic rings. The average molecular weight is 320 g/mol. The first-order chi connectivity index (χ1) is 7.93. The fourth-order valence-electron chi connectivity index (χ4n) is 1.10. The lowest BCUT2D eigenvalue weighted by molar-refractivity contribution is -0.385. The highest BCUT2D eigenvalue weighted by molar-refractivity contribution is 9.10. The molecule has 5 nitrogen and oxygen atoms in total. The second kappa shape index (κ2) is 6.02. The van der Waals surface area contributed by atoms with E-state index in [1.54, 1.807) is 19.1 Å². The van der Waals surface area contributed by atoms with Gasteiger partial charge in [0.2, 0.25) is 0 Å². The first-order valence-electron chi connectivity index (χ1n) is 4.69. The lowest BCUT2D eigenvalue weighted by Crippen LogP contribution is -2.11. The minimum absolute atomic E-state index is 0.00826. The zero-order valence-corrected chi connectivity index (χ0v) is 11.3. The molecule has 1 rings (SSSR count). The summed E-state index contributed by atoms with van der Waals surface area (Å²) in [6.45, 7) is 1.58. The number of carbonyl (C=O) groups is 1. The third-order valence-electron chi connectivity index (χ3n) is 2.09. The van der Waals surface area contributed by atoms with Crippen molar-refractivity contribution in [3.63, 3.8) is 0 Å². The maximum atomic E-state index is 10.7. The number of nitrogens with zero attached hydrogens (tertiary/aromatic N) is 1. The Bertz CT molecular complexity index is 452. The number of hydrogen-bond donors (Lipinski definition) is 1. The van der Waals surface area contributed by atoms with Crippen molar-refractivity contribution in [2.75, 3.05) is 0 Å². The molecule has 0 fully saturated rings. The molecule has 0 aromatic heterocycles. The second-order valence-corrected chi connectivity index (χ2v) is 5.42. The van der Waals surface area contributed by atoms with Crippen LogP contribution >= 0.6 is 27.7 Å². The van der Waals surface area contributed by atoms with Gasteiger partial charge >= 0.3 is 5.97 Å². The molecule has 0 amide bonds. The van der Waals surface area contributed by atoms with E-state index in [1.807, 2.05) is 0 Å². The summed E-state index contributed by atoms with van der Waals surface area (Å²) in [5.74, 6) is -0.480. The lowest BCUT2D eigenvalue weighted by atomic mass is 10.2. The van der Waals surface area contributed by atoms with Crippen molar-refractivity contribution in [2.45, 2.75) is 17.9 Å². The molecule has 1 N–H and O–H groups in total. The Morgan fingerprint density at radius 2 is 2.29 bits per heavy atom. The summed E-state index contributed by atoms with van der Waals surface area (Å²) in [6.07, 6.45) is 0. The standard InChI is InChI=1S/C10H10BrNO4S/c1-6(10(13)14)17-5-7-3-2-4-8(9(7)11)12(15)16/h2-4,6H,5H2,1H3,(H,13,14). The Morgan fingerprint density at radius 1 is 1.65 bits per heavy atom. The number of halogens is 1. The number of rotatable bonds is 5. The maximum absolute atomic E-state index is 10.7. The number of aliphatic carboxylic acids is 1. The van der Waals surface area contributed by atoms with Gasteiger partial charge in [-0.3, -0.25) is 14.9 Å². The fraction of sp³-hybridized carbons (Fsp3) is 0.300. The van der Waals surface area contributed by atoms with Gasteiger partial charge in [0.1, 0.15) is 0 Å². The number of carboxylic acids is 1. The number of thioether (sulfide) groups is 1. The first-order valence-corrected chi connectivity index (χ1v) is 6.54. The molecule has 1 unspecified atom stereocenters. The van der Waals surface area contributed by atoms with Gasteiger partial charge in [-0.1, -0.05) is 12.1 Å². The van der Waals surface area contributed by atoms with Crippen molar-refractivity contribution in [2.24, 2.45) is 0 Å². The van der Waals surface area contributed by atoms with Gasteiger partial charge in [-0.15, -0.1) is 11.8 Å². The van der Waals surface area contributed by atoms with Crippen LogP contribution in [0.1, 0.15) is 12.5 Å². The second-order valence-electron chi connectivity index (χ2n) is 3.30.